The second kappa shape index (κ2) is 10.9. The van der Waals surface area contributed by atoms with Gasteiger partial charge in [0.05, 0.1) is 17.6 Å². The molecule has 0 aliphatic heterocycles. The molecule has 0 fully saturated rings. The van der Waals surface area contributed by atoms with Gasteiger partial charge < -0.3 is 10.2 Å². The number of fused-ring (bicyclic) bond motifs is 1. The summed E-state index contributed by atoms with van der Waals surface area (Å²) >= 11 is 0. The SMILES string of the molecule is O=C(N/N=C\c1cc(N=Nc2cccc3ccccc23)ccc1O)C(O)(c1ccccc1)c1ccccc1. The van der Waals surface area contributed by atoms with Gasteiger partial charge in [-0.2, -0.15) is 10.2 Å². The topological polar surface area (TPSA) is 107 Å². The van der Waals surface area contributed by atoms with E-state index in [4.69, 9.17) is 0 Å². The number of benzene rings is 5. The molecular weight excluding hydrogens is 476 g/mol. The number of amides is 1. The molecular formula is C31H24N4O3. The van der Waals surface area contributed by atoms with Gasteiger partial charge in [-0.25, -0.2) is 5.43 Å². The summed E-state index contributed by atoms with van der Waals surface area (Å²) in [5, 5.41) is 36.6. The minimum absolute atomic E-state index is 0.0477. The molecule has 0 saturated heterocycles. The molecule has 0 saturated carbocycles. The van der Waals surface area contributed by atoms with Crippen molar-refractivity contribution in [1.29, 1.82) is 0 Å². The van der Waals surface area contributed by atoms with E-state index in [-0.39, 0.29) is 5.75 Å². The zero-order valence-electron chi connectivity index (χ0n) is 20.3. The first-order valence-electron chi connectivity index (χ1n) is 11.9. The summed E-state index contributed by atoms with van der Waals surface area (Å²) in [4.78, 5) is 13.2. The summed E-state index contributed by atoms with van der Waals surface area (Å²) in [5.41, 5.74) is 2.79. The Morgan fingerprint density at radius 3 is 2.08 bits per heavy atom. The number of hydrogen-bond donors (Lipinski definition) is 3. The van der Waals surface area contributed by atoms with Gasteiger partial charge in [-0.3, -0.25) is 4.79 Å². The molecule has 1 amide bonds. The zero-order chi connectivity index (χ0) is 26.4. The third kappa shape index (κ3) is 5.04. The van der Waals surface area contributed by atoms with Gasteiger partial charge in [0, 0.05) is 10.9 Å². The van der Waals surface area contributed by atoms with Crippen molar-refractivity contribution in [3.05, 3.63) is 138 Å². The molecule has 0 aliphatic carbocycles. The number of phenolic OH excluding ortho intramolecular Hbond substituents is 1. The Hall–Kier alpha value is -5.14. The number of phenols is 1. The van der Waals surface area contributed by atoms with Crippen molar-refractivity contribution in [2.75, 3.05) is 0 Å². The van der Waals surface area contributed by atoms with Crippen molar-refractivity contribution >= 4 is 34.3 Å². The maximum Gasteiger partial charge on any atom is 0.281 e. The highest BCUT2D eigenvalue weighted by molar-refractivity contribution is 5.93. The van der Waals surface area contributed by atoms with Crippen molar-refractivity contribution in [2.24, 2.45) is 15.3 Å². The van der Waals surface area contributed by atoms with Gasteiger partial charge in [-0.15, -0.1) is 5.11 Å². The van der Waals surface area contributed by atoms with Crippen LogP contribution in [0.25, 0.3) is 10.8 Å². The smallest absolute Gasteiger partial charge is 0.281 e. The molecule has 0 aliphatic rings. The Bertz CT molecular complexity index is 1590. The molecule has 0 bridgehead atoms. The average molecular weight is 501 g/mol. The number of hydrazone groups is 1. The van der Waals surface area contributed by atoms with Crippen molar-refractivity contribution in [2.45, 2.75) is 5.60 Å². The van der Waals surface area contributed by atoms with Crippen LogP contribution >= 0.6 is 0 Å². The number of aliphatic hydroxyl groups is 1. The molecule has 3 N–H and O–H groups in total. The Morgan fingerprint density at radius 2 is 1.37 bits per heavy atom. The van der Waals surface area contributed by atoms with Crippen LogP contribution in [0.5, 0.6) is 5.75 Å². The molecule has 0 radical (unpaired) electrons. The largest absolute Gasteiger partial charge is 0.507 e. The van der Waals surface area contributed by atoms with E-state index in [1.54, 1.807) is 72.8 Å². The van der Waals surface area contributed by atoms with Gasteiger partial charge in [-0.1, -0.05) is 97.1 Å². The van der Waals surface area contributed by atoms with Gasteiger partial charge in [0.15, 0.2) is 5.60 Å². The van der Waals surface area contributed by atoms with Crippen LogP contribution in [0.2, 0.25) is 0 Å². The Labute approximate surface area is 219 Å². The predicted octanol–water partition coefficient (Wildman–Crippen LogP) is 6.35. The second-order valence-corrected chi connectivity index (χ2v) is 8.58. The van der Waals surface area contributed by atoms with E-state index >= 15 is 0 Å². The van der Waals surface area contributed by atoms with Crippen molar-refractivity contribution < 1.29 is 15.0 Å². The first kappa shape index (κ1) is 24.5. The standard InChI is InChI=1S/C31H24N4O3/c36-29-19-18-26(33-34-28-17-9-11-22-10-7-8-16-27(22)28)20-23(29)21-32-35-30(37)31(38,24-12-3-1-4-13-24)25-14-5-2-6-15-25/h1-21,36,38H,(H,35,37)/b32-21-,34-33?. The first-order valence-corrected chi connectivity index (χ1v) is 11.9. The molecule has 0 heterocycles. The summed E-state index contributed by atoms with van der Waals surface area (Å²) in [6.07, 6.45) is 1.29. The number of aromatic hydroxyl groups is 1. The van der Waals surface area contributed by atoms with Gasteiger partial charge in [0.2, 0.25) is 0 Å². The molecule has 0 spiro atoms. The Balaban J connectivity index is 1.37. The summed E-state index contributed by atoms with van der Waals surface area (Å²) in [6, 6.07) is 35.7. The summed E-state index contributed by atoms with van der Waals surface area (Å²) < 4.78 is 0. The van der Waals surface area contributed by atoms with Crippen LogP contribution in [0.4, 0.5) is 11.4 Å². The number of nitrogens with zero attached hydrogens (tertiary/aromatic N) is 3. The lowest BCUT2D eigenvalue weighted by Crippen LogP contribution is -2.43. The van der Waals surface area contributed by atoms with E-state index in [0.29, 0.717) is 22.4 Å². The van der Waals surface area contributed by atoms with Crippen LogP contribution in [-0.4, -0.2) is 22.3 Å². The highest BCUT2D eigenvalue weighted by Crippen LogP contribution is 2.31. The lowest BCUT2D eigenvalue weighted by Gasteiger charge is -2.27. The fourth-order valence-corrected chi connectivity index (χ4v) is 4.14. The summed E-state index contributed by atoms with van der Waals surface area (Å²) in [5.74, 6) is -0.786. The van der Waals surface area contributed by atoms with Crippen molar-refractivity contribution in [3.63, 3.8) is 0 Å². The number of carbonyl (C=O) groups excluding carboxylic acids is 1. The average Bonchev–Trinajstić information content (AvgIpc) is 2.97. The quantitative estimate of drug-likeness (QED) is 0.138. The monoisotopic (exact) mass is 500 g/mol. The van der Waals surface area contributed by atoms with Gasteiger partial charge in [-0.05, 0) is 40.8 Å². The molecule has 0 atom stereocenters. The normalized spacial score (nSPS) is 11.8. The van der Waals surface area contributed by atoms with E-state index in [2.05, 4.69) is 20.8 Å². The molecule has 7 nitrogen and oxygen atoms in total. The second-order valence-electron chi connectivity index (χ2n) is 8.58. The molecule has 5 aromatic carbocycles. The minimum Gasteiger partial charge on any atom is -0.507 e. The molecule has 0 aromatic heterocycles. The number of hydrogen-bond acceptors (Lipinski definition) is 6. The lowest BCUT2D eigenvalue weighted by atomic mass is 9.85. The van der Waals surface area contributed by atoms with Gasteiger partial charge in [0.25, 0.3) is 5.91 Å². The molecule has 38 heavy (non-hydrogen) atoms. The third-order valence-corrected chi connectivity index (χ3v) is 6.13. The van der Waals surface area contributed by atoms with Crippen molar-refractivity contribution in [1.82, 2.24) is 5.43 Å². The third-order valence-electron chi connectivity index (χ3n) is 6.13. The van der Waals surface area contributed by atoms with Crippen LogP contribution in [-0.2, 0) is 10.4 Å². The maximum atomic E-state index is 13.2. The fraction of sp³-hybridized carbons (Fsp3) is 0.0323. The van der Waals surface area contributed by atoms with Crippen LogP contribution in [0.3, 0.4) is 0 Å². The van der Waals surface area contributed by atoms with E-state index < -0.39 is 11.5 Å². The number of azo groups is 1. The first-order chi connectivity index (χ1) is 18.6. The zero-order valence-corrected chi connectivity index (χ0v) is 20.3. The Kier molecular flexibility index (Phi) is 7.02. The molecule has 186 valence electrons. The minimum atomic E-state index is -1.96. The van der Waals surface area contributed by atoms with Crippen LogP contribution in [0.15, 0.2) is 137 Å². The number of nitrogens with one attached hydrogen (secondary N) is 1. The van der Waals surface area contributed by atoms with Crippen LogP contribution in [0, 0.1) is 0 Å². The van der Waals surface area contributed by atoms with Crippen molar-refractivity contribution in [3.8, 4) is 5.75 Å². The maximum absolute atomic E-state index is 13.2. The fourth-order valence-electron chi connectivity index (χ4n) is 4.14. The molecule has 5 aromatic rings. The summed E-state index contributed by atoms with van der Waals surface area (Å²) in [6.45, 7) is 0. The summed E-state index contributed by atoms with van der Waals surface area (Å²) in [7, 11) is 0. The predicted molar refractivity (Wildman–Crippen MR) is 148 cm³/mol. The number of carbonyl (C=O) groups is 1. The highest BCUT2D eigenvalue weighted by atomic mass is 16.3. The number of rotatable bonds is 7. The van der Waals surface area contributed by atoms with Gasteiger partial charge in [0.1, 0.15) is 5.75 Å². The van der Waals surface area contributed by atoms with Crippen LogP contribution in [0.1, 0.15) is 16.7 Å². The Morgan fingerprint density at radius 1 is 0.737 bits per heavy atom. The van der Waals surface area contributed by atoms with E-state index in [0.717, 1.165) is 16.5 Å². The van der Waals surface area contributed by atoms with E-state index in [1.165, 1.54) is 12.3 Å². The molecule has 7 heteroatoms. The molecule has 5 rings (SSSR count). The van der Waals surface area contributed by atoms with Gasteiger partial charge >= 0.3 is 0 Å². The van der Waals surface area contributed by atoms with Crippen LogP contribution < -0.4 is 5.43 Å². The van der Waals surface area contributed by atoms with E-state index in [9.17, 15) is 15.0 Å². The van der Waals surface area contributed by atoms with E-state index in [1.807, 2.05) is 42.5 Å². The highest BCUT2D eigenvalue weighted by Gasteiger charge is 2.39. The molecule has 0 unspecified atom stereocenters. The lowest BCUT2D eigenvalue weighted by molar-refractivity contribution is -0.136.